The molecular weight excluding hydrogens is 260 g/mol. The maximum Gasteiger partial charge on any atom is 0.0589 e. The Kier molecular flexibility index (Phi) is 8.58. The maximum atomic E-state index is 6.08. The number of hydrogen-bond donors (Lipinski definition) is 1. The third kappa shape index (κ3) is 5.77. The van der Waals surface area contributed by atoms with Gasteiger partial charge in [-0.3, -0.25) is 4.90 Å². The average Bonchev–Trinajstić information content (AvgIpc) is 2.54. The number of nitrogens with zero attached hydrogens (tertiary/aromatic N) is 1. The molecule has 0 aliphatic rings. The lowest BCUT2D eigenvalue weighted by molar-refractivity contribution is 0.0844. The van der Waals surface area contributed by atoms with Crippen LogP contribution in [0, 0.1) is 0 Å². The van der Waals surface area contributed by atoms with Crippen molar-refractivity contribution in [2.75, 3.05) is 26.8 Å². The molecule has 0 radical (unpaired) electrons. The minimum atomic E-state index is 0.408. The number of hydrogen-bond acceptors (Lipinski definition) is 3. The molecule has 21 heavy (non-hydrogen) atoms. The lowest BCUT2D eigenvalue weighted by Gasteiger charge is -2.37. The molecule has 0 heterocycles. The molecule has 0 bridgehead atoms. The zero-order chi connectivity index (χ0) is 15.7. The Morgan fingerprint density at radius 3 is 2.38 bits per heavy atom. The first kappa shape index (κ1) is 18.1. The van der Waals surface area contributed by atoms with Crippen molar-refractivity contribution in [2.24, 2.45) is 5.73 Å². The van der Waals surface area contributed by atoms with Gasteiger partial charge in [-0.05, 0) is 31.2 Å². The van der Waals surface area contributed by atoms with Crippen molar-refractivity contribution in [1.82, 2.24) is 4.90 Å². The third-order valence-electron chi connectivity index (χ3n) is 4.45. The summed E-state index contributed by atoms with van der Waals surface area (Å²) in [5.41, 5.74) is 7.48. The lowest BCUT2D eigenvalue weighted by Crippen LogP contribution is -2.47. The summed E-state index contributed by atoms with van der Waals surface area (Å²) in [5, 5.41) is 0. The van der Waals surface area contributed by atoms with Crippen LogP contribution in [0.15, 0.2) is 30.3 Å². The van der Waals surface area contributed by atoms with E-state index < -0.39 is 0 Å². The van der Waals surface area contributed by atoms with Crippen LogP contribution >= 0.6 is 0 Å². The molecule has 3 heteroatoms. The highest BCUT2D eigenvalue weighted by atomic mass is 16.5. The Morgan fingerprint density at radius 1 is 1.19 bits per heavy atom. The van der Waals surface area contributed by atoms with Crippen molar-refractivity contribution in [2.45, 2.75) is 51.6 Å². The van der Waals surface area contributed by atoms with Gasteiger partial charge < -0.3 is 10.5 Å². The van der Waals surface area contributed by atoms with Crippen LogP contribution in [0.1, 0.15) is 45.1 Å². The molecule has 0 saturated carbocycles. The van der Waals surface area contributed by atoms with Gasteiger partial charge in [0.05, 0.1) is 6.61 Å². The van der Waals surface area contributed by atoms with Gasteiger partial charge in [-0.2, -0.15) is 0 Å². The molecule has 3 nitrogen and oxygen atoms in total. The second kappa shape index (κ2) is 9.93. The molecule has 1 rings (SSSR count). The number of benzene rings is 1. The zero-order valence-corrected chi connectivity index (χ0v) is 14.1. The fourth-order valence-corrected chi connectivity index (χ4v) is 2.89. The molecule has 0 spiro atoms. The van der Waals surface area contributed by atoms with Crippen LogP contribution in [0.2, 0.25) is 0 Å². The quantitative estimate of drug-likeness (QED) is 0.719. The average molecular weight is 292 g/mol. The molecule has 2 N–H and O–H groups in total. The van der Waals surface area contributed by atoms with Gasteiger partial charge in [0.15, 0.2) is 0 Å². The number of methoxy groups -OCH3 is 1. The molecule has 0 fully saturated rings. The van der Waals surface area contributed by atoms with Crippen molar-refractivity contribution in [3.8, 4) is 0 Å². The van der Waals surface area contributed by atoms with E-state index in [0.29, 0.717) is 24.5 Å². The van der Waals surface area contributed by atoms with E-state index in [1.54, 1.807) is 7.11 Å². The van der Waals surface area contributed by atoms with Crippen molar-refractivity contribution in [1.29, 1.82) is 0 Å². The molecule has 0 aromatic heterocycles. The van der Waals surface area contributed by atoms with Gasteiger partial charge in [-0.25, -0.2) is 0 Å². The maximum absolute atomic E-state index is 6.08. The summed E-state index contributed by atoms with van der Waals surface area (Å²) in [6.45, 7) is 9.23. The van der Waals surface area contributed by atoms with E-state index in [9.17, 15) is 0 Å². The smallest absolute Gasteiger partial charge is 0.0589 e. The zero-order valence-electron chi connectivity index (χ0n) is 14.1. The van der Waals surface area contributed by atoms with Crippen molar-refractivity contribution in [3.05, 3.63) is 35.9 Å². The molecule has 3 atom stereocenters. The molecule has 0 aliphatic heterocycles. The highest BCUT2D eigenvalue weighted by molar-refractivity contribution is 5.19. The van der Waals surface area contributed by atoms with Crippen LogP contribution in [-0.4, -0.2) is 43.8 Å². The first-order chi connectivity index (χ1) is 10.1. The Bertz CT molecular complexity index is 369. The standard InChI is InChI=1S/C18H32N2O/c1-5-16(3)20(11-12-21-4)18(14-19)13-15(2)17-9-7-6-8-10-17/h6-10,15-16,18H,5,11-14,19H2,1-4H3. The Morgan fingerprint density at radius 2 is 1.86 bits per heavy atom. The topological polar surface area (TPSA) is 38.5 Å². The van der Waals surface area contributed by atoms with Gasteiger partial charge in [-0.1, -0.05) is 44.2 Å². The summed E-state index contributed by atoms with van der Waals surface area (Å²) >= 11 is 0. The summed E-state index contributed by atoms with van der Waals surface area (Å²) in [4.78, 5) is 2.52. The summed E-state index contributed by atoms with van der Waals surface area (Å²) in [7, 11) is 1.76. The van der Waals surface area contributed by atoms with Gasteiger partial charge in [0.2, 0.25) is 0 Å². The molecule has 1 aromatic carbocycles. The fourth-order valence-electron chi connectivity index (χ4n) is 2.89. The second-order valence-electron chi connectivity index (χ2n) is 5.92. The van der Waals surface area contributed by atoms with Gasteiger partial charge in [0, 0.05) is 32.3 Å². The molecule has 120 valence electrons. The summed E-state index contributed by atoms with van der Waals surface area (Å²) < 4.78 is 5.27. The van der Waals surface area contributed by atoms with E-state index in [2.05, 4.69) is 56.0 Å². The van der Waals surface area contributed by atoms with Gasteiger partial charge in [0.25, 0.3) is 0 Å². The Balaban J connectivity index is 2.73. The van der Waals surface area contributed by atoms with Crippen LogP contribution in [0.4, 0.5) is 0 Å². The Hall–Kier alpha value is -0.900. The van der Waals surface area contributed by atoms with Crippen LogP contribution in [0.25, 0.3) is 0 Å². The minimum Gasteiger partial charge on any atom is -0.383 e. The minimum absolute atomic E-state index is 0.408. The molecule has 1 aromatic rings. The van der Waals surface area contributed by atoms with Crippen molar-refractivity contribution >= 4 is 0 Å². The predicted molar refractivity (Wildman–Crippen MR) is 90.7 cm³/mol. The first-order valence-electron chi connectivity index (χ1n) is 8.13. The molecule has 0 saturated heterocycles. The van der Waals surface area contributed by atoms with Crippen LogP contribution in [-0.2, 0) is 4.74 Å². The van der Waals surface area contributed by atoms with E-state index in [-0.39, 0.29) is 0 Å². The van der Waals surface area contributed by atoms with E-state index in [0.717, 1.165) is 26.0 Å². The van der Waals surface area contributed by atoms with Gasteiger partial charge in [0.1, 0.15) is 0 Å². The first-order valence-corrected chi connectivity index (χ1v) is 8.13. The summed E-state index contributed by atoms with van der Waals surface area (Å²) in [5.74, 6) is 0.522. The van der Waals surface area contributed by atoms with E-state index >= 15 is 0 Å². The monoisotopic (exact) mass is 292 g/mol. The second-order valence-corrected chi connectivity index (χ2v) is 5.92. The van der Waals surface area contributed by atoms with E-state index in [4.69, 9.17) is 10.5 Å². The van der Waals surface area contributed by atoms with Crippen molar-refractivity contribution < 1.29 is 4.74 Å². The number of rotatable bonds is 10. The van der Waals surface area contributed by atoms with Crippen molar-refractivity contribution in [3.63, 3.8) is 0 Å². The van der Waals surface area contributed by atoms with E-state index in [1.807, 2.05) is 0 Å². The Labute approximate surface area is 130 Å². The normalized spacial score (nSPS) is 15.9. The van der Waals surface area contributed by atoms with Gasteiger partial charge in [-0.15, -0.1) is 0 Å². The molecule has 0 aliphatic carbocycles. The lowest BCUT2D eigenvalue weighted by atomic mass is 9.92. The number of nitrogens with two attached hydrogens (primary N) is 1. The predicted octanol–water partition coefficient (Wildman–Crippen LogP) is 3.25. The highest BCUT2D eigenvalue weighted by Gasteiger charge is 2.23. The highest BCUT2D eigenvalue weighted by Crippen LogP contribution is 2.23. The molecular formula is C18H32N2O. The third-order valence-corrected chi connectivity index (χ3v) is 4.45. The van der Waals surface area contributed by atoms with Gasteiger partial charge >= 0.3 is 0 Å². The largest absolute Gasteiger partial charge is 0.383 e. The fraction of sp³-hybridized carbons (Fsp3) is 0.667. The summed E-state index contributed by atoms with van der Waals surface area (Å²) in [6.07, 6.45) is 2.23. The van der Waals surface area contributed by atoms with Crippen LogP contribution < -0.4 is 5.73 Å². The molecule has 0 amide bonds. The van der Waals surface area contributed by atoms with E-state index in [1.165, 1.54) is 5.56 Å². The van der Waals surface area contributed by atoms with Crippen LogP contribution in [0.3, 0.4) is 0 Å². The SMILES string of the molecule is CCC(C)N(CCOC)C(CN)CC(C)c1ccccc1. The molecule has 3 unspecified atom stereocenters. The van der Waals surface area contributed by atoms with Crippen LogP contribution in [0.5, 0.6) is 0 Å². The number of ether oxygens (including phenoxy) is 1. The summed E-state index contributed by atoms with van der Waals surface area (Å²) in [6, 6.07) is 11.7.